The average Bonchev–Trinajstić information content (AvgIpc) is 3.19. The number of ether oxygens (including phenoxy) is 1. The summed E-state index contributed by atoms with van der Waals surface area (Å²) < 4.78 is 5.88. The Kier molecular flexibility index (Phi) is 5.65. The van der Waals surface area contributed by atoms with Crippen molar-refractivity contribution in [1.82, 2.24) is 10.2 Å². The van der Waals surface area contributed by atoms with Gasteiger partial charge in [0.05, 0.1) is 0 Å². The normalized spacial score (nSPS) is 15.5. The zero-order chi connectivity index (χ0) is 15.3. The molecule has 0 radical (unpaired) electrons. The molecule has 0 bridgehead atoms. The molecule has 0 aliphatic heterocycles. The highest BCUT2D eigenvalue weighted by molar-refractivity contribution is 5.28. The van der Waals surface area contributed by atoms with E-state index in [1.807, 2.05) is 6.07 Å². The van der Waals surface area contributed by atoms with Crippen LogP contribution in [0.1, 0.15) is 39.2 Å². The van der Waals surface area contributed by atoms with E-state index in [4.69, 9.17) is 4.74 Å². The molecule has 1 aliphatic rings. The Morgan fingerprint density at radius 3 is 2.71 bits per heavy atom. The van der Waals surface area contributed by atoms with Gasteiger partial charge in [-0.1, -0.05) is 32.9 Å². The number of rotatable bonds is 8. The smallest absolute Gasteiger partial charge is 0.119 e. The molecule has 1 aromatic rings. The third-order valence-corrected chi connectivity index (χ3v) is 3.56. The summed E-state index contributed by atoms with van der Waals surface area (Å²) in [5, 5.41) is 3.54. The molecule has 0 unspecified atom stereocenters. The van der Waals surface area contributed by atoms with Gasteiger partial charge in [0.25, 0.3) is 0 Å². The van der Waals surface area contributed by atoms with Crippen LogP contribution < -0.4 is 10.1 Å². The first kappa shape index (κ1) is 16.3. The van der Waals surface area contributed by atoms with Gasteiger partial charge in [0.15, 0.2) is 0 Å². The van der Waals surface area contributed by atoms with Crippen molar-refractivity contribution in [3.8, 4) is 5.75 Å². The zero-order valence-corrected chi connectivity index (χ0v) is 14.0. The van der Waals surface area contributed by atoms with Gasteiger partial charge >= 0.3 is 0 Å². The lowest BCUT2D eigenvalue weighted by Crippen LogP contribution is -2.32. The van der Waals surface area contributed by atoms with Crippen LogP contribution in [0.4, 0.5) is 0 Å². The van der Waals surface area contributed by atoms with Crippen molar-refractivity contribution >= 4 is 0 Å². The maximum absolute atomic E-state index is 5.88. The maximum Gasteiger partial charge on any atom is 0.119 e. The van der Waals surface area contributed by atoms with Crippen molar-refractivity contribution in [3.63, 3.8) is 0 Å². The highest BCUT2D eigenvalue weighted by atomic mass is 16.5. The van der Waals surface area contributed by atoms with E-state index in [2.05, 4.69) is 56.2 Å². The van der Waals surface area contributed by atoms with Gasteiger partial charge in [0, 0.05) is 25.7 Å². The molecule has 3 nitrogen and oxygen atoms in total. The summed E-state index contributed by atoms with van der Waals surface area (Å²) in [5.41, 5.74) is 1.64. The molecule has 0 saturated heterocycles. The van der Waals surface area contributed by atoms with Crippen molar-refractivity contribution in [2.45, 2.75) is 46.2 Å². The topological polar surface area (TPSA) is 24.5 Å². The molecule has 1 N–H and O–H groups in total. The highest BCUT2D eigenvalue weighted by Crippen LogP contribution is 2.20. The number of nitrogens with one attached hydrogen (secondary N) is 1. The van der Waals surface area contributed by atoms with Crippen molar-refractivity contribution < 1.29 is 4.74 Å². The van der Waals surface area contributed by atoms with Crippen LogP contribution >= 0.6 is 0 Å². The number of hydrogen-bond donors (Lipinski definition) is 1. The Morgan fingerprint density at radius 2 is 2.05 bits per heavy atom. The fraction of sp³-hybridized carbons (Fsp3) is 0.667. The van der Waals surface area contributed by atoms with Crippen LogP contribution in [0.3, 0.4) is 0 Å². The molecule has 0 aromatic heterocycles. The van der Waals surface area contributed by atoms with E-state index >= 15 is 0 Å². The Morgan fingerprint density at radius 1 is 1.29 bits per heavy atom. The molecule has 0 atom stereocenters. The Hall–Kier alpha value is -1.06. The Labute approximate surface area is 129 Å². The largest absolute Gasteiger partial charge is 0.492 e. The molecule has 1 aliphatic carbocycles. The van der Waals surface area contributed by atoms with Gasteiger partial charge in [-0.15, -0.1) is 0 Å². The van der Waals surface area contributed by atoms with E-state index in [-0.39, 0.29) is 0 Å². The summed E-state index contributed by atoms with van der Waals surface area (Å²) in [7, 11) is 2.16. The summed E-state index contributed by atoms with van der Waals surface area (Å²) in [6, 6.07) is 9.19. The van der Waals surface area contributed by atoms with E-state index < -0.39 is 0 Å². The molecule has 0 spiro atoms. The van der Waals surface area contributed by atoms with E-state index in [1.165, 1.54) is 18.4 Å². The summed E-state index contributed by atoms with van der Waals surface area (Å²) >= 11 is 0. The van der Waals surface area contributed by atoms with Gasteiger partial charge in [0.1, 0.15) is 12.4 Å². The van der Waals surface area contributed by atoms with E-state index in [0.29, 0.717) is 5.41 Å². The molecule has 1 aromatic carbocycles. The fourth-order valence-electron chi connectivity index (χ4n) is 2.50. The van der Waals surface area contributed by atoms with E-state index in [1.54, 1.807) is 0 Å². The second-order valence-corrected chi connectivity index (χ2v) is 7.45. The first-order chi connectivity index (χ1) is 9.92. The predicted octanol–water partition coefficient (Wildman–Crippen LogP) is 3.30. The summed E-state index contributed by atoms with van der Waals surface area (Å²) in [5.74, 6) is 0.981. The van der Waals surface area contributed by atoms with Crippen LogP contribution in [-0.4, -0.2) is 37.7 Å². The Bertz CT molecular complexity index is 435. The highest BCUT2D eigenvalue weighted by Gasteiger charge is 2.19. The lowest BCUT2D eigenvalue weighted by atomic mass is 9.96. The van der Waals surface area contributed by atoms with Gasteiger partial charge in [0.2, 0.25) is 0 Å². The number of likely N-dealkylation sites (N-methyl/N-ethyl adjacent to an activating group) is 1. The summed E-state index contributed by atoms with van der Waals surface area (Å²) in [6.45, 7) is 10.5. The van der Waals surface area contributed by atoms with Crippen molar-refractivity contribution in [2.24, 2.45) is 5.41 Å². The summed E-state index contributed by atoms with van der Waals surface area (Å²) in [4.78, 5) is 2.33. The standard InChI is InChI=1S/C18H30N2O/c1-18(2,3)14-20(4)10-11-21-17-7-5-6-15(12-17)13-19-16-8-9-16/h5-7,12,16,19H,8-11,13-14H2,1-4H3. The van der Waals surface area contributed by atoms with Gasteiger partial charge in [-0.2, -0.15) is 0 Å². The number of hydrogen-bond acceptors (Lipinski definition) is 3. The minimum absolute atomic E-state index is 0.336. The van der Waals surface area contributed by atoms with Gasteiger partial charge in [-0.3, -0.25) is 0 Å². The van der Waals surface area contributed by atoms with E-state index in [0.717, 1.165) is 38.0 Å². The quantitative estimate of drug-likeness (QED) is 0.795. The van der Waals surface area contributed by atoms with Gasteiger partial charge in [-0.05, 0) is 43.0 Å². The first-order valence-corrected chi connectivity index (χ1v) is 8.06. The second kappa shape index (κ2) is 7.28. The molecule has 2 rings (SSSR count). The molecule has 1 fully saturated rings. The first-order valence-electron chi connectivity index (χ1n) is 8.06. The predicted molar refractivity (Wildman–Crippen MR) is 88.8 cm³/mol. The zero-order valence-electron chi connectivity index (χ0n) is 14.0. The second-order valence-electron chi connectivity index (χ2n) is 7.45. The van der Waals surface area contributed by atoms with E-state index in [9.17, 15) is 0 Å². The molecule has 21 heavy (non-hydrogen) atoms. The van der Waals surface area contributed by atoms with Crippen LogP contribution in [0.25, 0.3) is 0 Å². The molecular formula is C18H30N2O. The number of nitrogens with zero attached hydrogens (tertiary/aromatic N) is 1. The third kappa shape index (κ3) is 6.96. The minimum Gasteiger partial charge on any atom is -0.492 e. The number of benzene rings is 1. The van der Waals surface area contributed by atoms with Crippen LogP contribution in [0.5, 0.6) is 5.75 Å². The van der Waals surface area contributed by atoms with Gasteiger partial charge < -0.3 is 15.0 Å². The van der Waals surface area contributed by atoms with Gasteiger partial charge in [-0.25, -0.2) is 0 Å². The molecule has 1 saturated carbocycles. The molecule has 3 heteroatoms. The monoisotopic (exact) mass is 290 g/mol. The van der Waals surface area contributed by atoms with Crippen LogP contribution in [0.2, 0.25) is 0 Å². The van der Waals surface area contributed by atoms with Crippen molar-refractivity contribution in [1.29, 1.82) is 0 Å². The van der Waals surface area contributed by atoms with Crippen LogP contribution in [0, 0.1) is 5.41 Å². The molecular weight excluding hydrogens is 260 g/mol. The maximum atomic E-state index is 5.88. The molecule has 0 amide bonds. The lowest BCUT2D eigenvalue weighted by Gasteiger charge is -2.26. The van der Waals surface area contributed by atoms with Crippen LogP contribution in [0.15, 0.2) is 24.3 Å². The molecule has 118 valence electrons. The Balaban J connectivity index is 1.70. The third-order valence-electron chi connectivity index (χ3n) is 3.56. The SMILES string of the molecule is CN(CCOc1cccc(CNC2CC2)c1)CC(C)(C)C. The minimum atomic E-state index is 0.336. The van der Waals surface area contributed by atoms with Crippen LogP contribution in [-0.2, 0) is 6.54 Å². The average molecular weight is 290 g/mol. The lowest BCUT2D eigenvalue weighted by molar-refractivity contribution is 0.188. The van der Waals surface area contributed by atoms with Crippen molar-refractivity contribution in [2.75, 3.05) is 26.7 Å². The fourth-order valence-corrected chi connectivity index (χ4v) is 2.50. The van der Waals surface area contributed by atoms with Crippen molar-refractivity contribution in [3.05, 3.63) is 29.8 Å². The molecule has 0 heterocycles. The summed E-state index contributed by atoms with van der Waals surface area (Å²) in [6.07, 6.45) is 2.66.